The average molecular weight is 808 g/mol. The van der Waals surface area contributed by atoms with Crippen LogP contribution in [0.25, 0.3) is 117 Å². The summed E-state index contributed by atoms with van der Waals surface area (Å²) in [4.78, 5) is 16.3. The van der Waals surface area contributed by atoms with E-state index < -0.39 is 0 Å². The van der Waals surface area contributed by atoms with Gasteiger partial charge in [-0.25, -0.2) is 4.98 Å². The lowest BCUT2D eigenvalue weighted by molar-refractivity contribution is 0.670. The molecule has 6 heteroatoms. The van der Waals surface area contributed by atoms with E-state index in [1.54, 1.807) is 0 Å². The summed E-state index contributed by atoms with van der Waals surface area (Å²) in [5.74, 6) is 1.74. The molecule has 0 aliphatic heterocycles. The van der Waals surface area contributed by atoms with Crippen LogP contribution in [0.2, 0.25) is 0 Å². The van der Waals surface area contributed by atoms with Crippen molar-refractivity contribution < 1.29 is 4.42 Å². The Balaban J connectivity index is 1.08. The molecular weight excluding hydrogens is 771 g/mol. The molecule has 0 saturated heterocycles. The summed E-state index contributed by atoms with van der Waals surface area (Å²) in [5.41, 5.74) is 14.8. The molecular formula is C57H37N5O. The van der Waals surface area contributed by atoms with Crippen molar-refractivity contribution in [3.8, 4) is 56.7 Å². The summed E-state index contributed by atoms with van der Waals surface area (Å²) in [6.45, 7) is 0. The van der Waals surface area contributed by atoms with Crippen molar-refractivity contribution in [2.24, 2.45) is 0 Å². The molecule has 4 aromatic heterocycles. The average Bonchev–Trinajstić information content (AvgIpc) is 4.03. The number of allylic oxidation sites excluding steroid dienone is 1. The normalized spacial score (nSPS) is 12.6. The molecule has 0 fully saturated rings. The van der Waals surface area contributed by atoms with Crippen LogP contribution in [-0.4, -0.2) is 24.1 Å². The van der Waals surface area contributed by atoms with Crippen molar-refractivity contribution in [3.63, 3.8) is 0 Å². The zero-order valence-electron chi connectivity index (χ0n) is 34.1. The highest BCUT2D eigenvalue weighted by Crippen LogP contribution is 2.42. The van der Waals surface area contributed by atoms with Crippen molar-refractivity contribution in [1.29, 1.82) is 0 Å². The van der Waals surface area contributed by atoms with Gasteiger partial charge in [0.05, 0.1) is 11.0 Å². The summed E-state index contributed by atoms with van der Waals surface area (Å²) in [6, 6.07) is 66.1. The largest absolute Gasteiger partial charge is 0.454 e. The van der Waals surface area contributed by atoms with Gasteiger partial charge in [0.1, 0.15) is 11.1 Å². The van der Waals surface area contributed by atoms with E-state index in [1.165, 1.54) is 33.3 Å². The van der Waals surface area contributed by atoms with Gasteiger partial charge in [0.15, 0.2) is 17.2 Å². The standard InChI is InChI=1S/C57H37N5O/c1-3-16-36(17-4-1)40-20-7-8-21-41(40)37-30-32-38(33-31-37)55-58-56(47-25-15-28-50-52(47)46-24-10-13-27-49(46)61(50)39-18-5-2-6-19-39)60-57(59-55)62-48-26-12-9-22-42(48)44-34-35-45-43-23-11-14-29-51(43)63-54(45)53(44)62/h1-9,11-23,25-35H,10,24H2. The van der Waals surface area contributed by atoms with E-state index in [9.17, 15) is 0 Å². The molecule has 1 aliphatic rings. The first-order valence-corrected chi connectivity index (χ1v) is 21.5. The first-order chi connectivity index (χ1) is 31.3. The van der Waals surface area contributed by atoms with Crippen LogP contribution in [0, 0.1) is 0 Å². The number of rotatable bonds is 6. The number of hydrogen-bond donors (Lipinski definition) is 0. The molecule has 0 unspecified atom stereocenters. The minimum Gasteiger partial charge on any atom is -0.454 e. The minimum absolute atomic E-state index is 0.529. The molecule has 0 atom stereocenters. The van der Waals surface area contributed by atoms with Gasteiger partial charge in [0.25, 0.3) is 0 Å². The van der Waals surface area contributed by atoms with Crippen LogP contribution in [0.1, 0.15) is 17.7 Å². The van der Waals surface area contributed by atoms with Gasteiger partial charge in [-0.2, -0.15) is 9.97 Å². The number of fused-ring (bicyclic) bond motifs is 10. The first-order valence-electron chi connectivity index (χ1n) is 21.5. The van der Waals surface area contributed by atoms with Crippen molar-refractivity contribution >= 4 is 60.7 Å². The Hall–Kier alpha value is -8.35. The smallest absolute Gasteiger partial charge is 0.238 e. The third-order valence-corrected chi connectivity index (χ3v) is 12.7. The molecule has 0 saturated carbocycles. The van der Waals surface area contributed by atoms with E-state index >= 15 is 0 Å². The summed E-state index contributed by atoms with van der Waals surface area (Å²) in [6.07, 6.45) is 6.45. The quantitative estimate of drug-likeness (QED) is 0.168. The number of aromatic nitrogens is 5. The number of aryl methyl sites for hydroxylation is 1. The third-order valence-electron chi connectivity index (χ3n) is 12.7. The van der Waals surface area contributed by atoms with Gasteiger partial charge >= 0.3 is 0 Å². The molecule has 6 nitrogen and oxygen atoms in total. The van der Waals surface area contributed by atoms with Crippen molar-refractivity contribution in [1.82, 2.24) is 24.1 Å². The molecule has 1 aliphatic carbocycles. The van der Waals surface area contributed by atoms with Gasteiger partial charge in [0.2, 0.25) is 5.95 Å². The lowest BCUT2D eigenvalue weighted by Gasteiger charge is -2.13. The summed E-state index contributed by atoms with van der Waals surface area (Å²) in [5, 5.41) is 5.46. The Morgan fingerprint density at radius 3 is 1.90 bits per heavy atom. The number of hydrogen-bond acceptors (Lipinski definition) is 4. The summed E-state index contributed by atoms with van der Waals surface area (Å²) in [7, 11) is 0. The lowest BCUT2D eigenvalue weighted by Crippen LogP contribution is -2.07. The van der Waals surface area contributed by atoms with Crippen molar-refractivity contribution in [2.45, 2.75) is 12.8 Å². The molecule has 12 aromatic rings. The summed E-state index contributed by atoms with van der Waals surface area (Å²) >= 11 is 0. The number of furan rings is 1. The molecule has 4 heterocycles. The maximum atomic E-state index is 6.75. The number of benzene rings is 8. The second-order valence-corrected chi connectivity index (χ2v) is 16.2. The van der Waals surface area contributed by atoms with Crippen molar-refractivity contribution in [3.05, 3.63) is 205 Å². The highest BCUT2D eigenvalue weighted by Gasteiger charge is 2.25. The fourth-order valence-electron chi connectivity index (χ4n) is 9.88. The Kier molecular flexibility index (Phi) is 7.93. The molecule has 0 amide bonds. The molecule has 63 heavy (non-hydrogen) atoms. The van der Waals surface area contributed by atoms with Crippen LogP contribution in [0.3, 0.4) is 0 Å². The van der Waals surface area contributed by atoms with Crippen molar-refractivity contribution in [2.75, 3.05) is 0 Å². The van der Waals surface area contributed by atoms with Gasteiger partial charge in [-0.15, -0.1) is 0 Å². The summed E-state index contributed by atoms with van der Waals surface area (Å²) < 4.78 is 11.3. The monoisotopic (exact) mass is 807 g/mol. The van der Waals surface area contributed by atoms with E-state index in [0.717, 1.165) is 84.5 Å². The Labute approximate surface area is 362 Å². The Bertz CT molecular complexity index is 3780. The lowest BCUT2D eigenvalue weighted by atomic mass is 9.94. The molecule has 296 valence electrons. The van der Waals surface area contributed by atoms with E-state index in [1.807, 2.05) is 12.1 Å². The molecule has 13 rings (SSSR count). The predicted octanol–water partition coefficient (Wildman–Crippen LogP) is 14.4. The van der Waals surface area contributed by atoms with Crippen LogP contribution in [0.5, 0.6) is 0 Å². The van der Waals surface area contributed by atoms with Gasteiger partial charge in [-0.05, 0) is 83.1 Å². The van der Waals surface area contributed by atoms with E-state index in [2.05, 4.69) is 197 Å². The topological polar surface area (TPSA) is 61.7 Å². The minimum atomic E-state index is 0.529. The van der Waals surface area contributed by atoms with Crippen LogP contribution in [0.4, 0.5) is 0 Å². The molecule has 0 spiro atoms. The third kappa shape index (κ3) is 5.55. The second kappa shape index (κ2) is 14.1. The van der Waals surface area contributed by atoms with Crippen LogP contribution in [0.15, 0.2) is 199 Å². The van der Waals surface area contributed by atoms with Crippen LogP contribution < -0.4 is 0 Å². The maximum Gasteiger partial charge on any atom is 0.238 e. The maximum absolute atomic E-state index is 6.75. The molecule has 0 radical (unpaired) electrons. The second-order valence-electron chi connectivity index (χ2n) is 16.2. The predicted molar refractivity (Wildman–Crippen MR) is 257 cm³/mol. The van der Waals surface area contributed by atoms with E-state index in [4.69, 9.17) is 19.4 Å². The van der Waals surface area contributed by atoms with E-state index in [0.29, 0.717) is 17.6 Å². The SMILES string of the molecule is C1=Cc2c(c3c(-c4nc(-c5ccc(-c6ccccc6-c6ccccc6)cc5)nc(-n5c6ccccc6c6ccc7c8ccccc8oc7c65)n4)cccc3n2-c2ccccc2)CC1. The highest BCUT2D eigenvalue weighted by molar-refractivity contribution is 6.21. The number of para-hydroxylation sites is 3. The Morgan fingerprint density at radius 1 is 0.444 bits per heavy atom. The van der Waals surface area contributed by atoms with Gasteiger partial charge in [0, 0.05) is 49.4 Å². The fraction of sp³-hybridized carbons (Fsp3) is 0.0351. The zero-order valence-corrected chi connectivity index (χ0v) is 34.1. The van der Waals surface area contributed by atoms with Crippen LogP contribution >= 0.6 is 0 Å². The highest BCUT2D eigenvalue weighted by atomic mass is 16.3. The Morgan fingerprint density at radius 2 is 1.08 bits per heavy atom. The van der Waals surface area contributed by atoms with Gasteiger partial charge in [-0.1, -0.05) is 158 Å². The van der Waals surface area contributed by atoms with Crippen LogP contribution in [-0.2, 0) is 6.42 Å². The molecule has 0 bridgehead atoms. The van der Waals surface area contributed by atoms with Gasteiger partial charge < -0.3 is 8.98 Å². The van der Waals surface area contributed by atoms with Gasteiger partial charge in [-0.3, -0.25) is 4.57 Å². The number of nitrogens with zero attached hydrogens (tertiary/aromatic N) is 5. The molecule has 8 aromatic carbocycles. The van der Waals surface area contributed by atoms with E-state index in [-0.39, 0.29) is 0 Å². The first kappa shape index (κ1) is 35.4. The molecule has 0 N–H and O–H groups in total. The fourth-order valence-corrected chi connectivity index (χ4v) is 9.88. The zero-order chi connectivity index (χ0) is 41.4.